The molecule has 1 heterocycles. The topological polar surface area (TPSA) is 66.7 Å². The SMILES string of the molecule is CCN(CC)C(=O)CN(C)C(=O)c1ccccc1-c1ncc(-c2ccc(C)cc2)o1. The van der Waals surface area contributed by atoms with Gasteiger partial charge in [0.2, 0.25) is 11.8 Å². The molecule has 0 saturated heterocycles. The second-order valence-electron chi connectivity index (χ2n) is 7.17. The Morgan fingerprint density at radius 1 is 1.00 bits per heavy atom. The molecule has 3 aromatic rings. The average molecular weight is 405 g/mol. The average Bonchev–Trinajstić information content (AvgIpc) is 3.24. The van der Waals surface area contributed by atoms with Crippen molar-refractivity contribution in [2.45, 2.75) is 20.8 Å². The second kappa shape index (κ2) is 9.39. The van der Waals surface area contributed by atoms with Crippen molar-refractivity contribution >= 4 is 11.8 Å². The molecule has 1 aromatic heterocycles. The van der Waals surface area contributed by atoms with Crippen LogP contribution in [-0.2, 0) is 4.79 Å². The number of rotatable bonds is 7. The zero-order valence-corrected chi connectivity index (χ0v) is 17.9. The van der Waals surface area contributed by atoms with Crippen molar-refractivity contribution in [3.63, 3.8) is 0 Å². The molecule has 0 unspecified atom stereocenters. The monoisotopic (exact) mass is 405 g/mol. The molecule has 2 aromatic carbocycles. The molecule has 0 radical (unpaired) electrons. The molecular weight excluding hydrogens is 378 g/mol. The highest BCUT2D eigenvalue weighted by Gasteiger charge is 2.22. The third-order valence-corrected chi connectivity index (χ3v) is 5.06. The van der Waals surface area contributed by atoms with E-state index in [4.69, 9.17) is 4.42 Å². The van der Waals surface area contributed by atoms with E-state index >= 15 is 0 Å². The standard InChI is InChI=1S/C24H27N3O3/c1-5-27(6-2)22(28)16-26(4)24(29)20-10-8-7-9-19(20)23-25-15-21(30-23)18-13-11-17(3)12-14-18/h7-15H,5-6,16H2,1-4H3. The Morgan fingerprint density at radius 2 is 1.67 bits per heavy atom. The minimum Gasteiger partial charge on any atom is -0.436 e. The molecule has 0 N–H and O–H groups in total. The van der Waals surface area contributed by atoms with Crippen LogP contribution in [0.3, 0.4) is 0 Å². The number of benzene rings is 2. The zero-order chi connectivity index (χ0) is 21.7. The molecule has 30 heavy (non-hydrogen) atoms. The Bertz CT molecular complexity index is 1020. The van der Waals surface area contributed by atoms with Gasteiger partial charge >= 0.3 is 0 Å². The highest BCUT2D eigenvalue weighted by molar-refractivity contribution is 6.01. The molecule has 6 nitrogen and oxygen atoms in total. The molecular formula is C24H27N3O3. The molecule has 0 aliphatic carbocycles. The first-order valence-electron chi connectivity index (χ1n) is 10.1. The van der Waals surface area contributed by atoms with Crippen LogP contribution >= 0.6 is 0 Å². The van der Waals surface area contributed by atoms with Gasteiger partial charge in [-0.1, -0.05) is 42.0 Å². The van der Waals surface area contributed by atoms with E-state index in [-0.39, 0.29) is 18.4 Å². The van der Waals surface area contributed by atoms with Crippen LogP contribution in [0.5, 0.6) is 0 Å². The Labute approximate surface area is 177 Å². The van der Waals surface area contributed by atoms with Crippen molar-refractivity contribution in [2.24, 2.45) is 0 Å². The van der Waals surface area contributed by atoms with E-state index in [0.29, 0.717) is 35.9 Å². The van der Waals surface area contributed by atoms with Gasteiger partial charge in [0, 0.05) is 31.3 Å². The number of likely N-dealkylation sites (N-methyl/N-ethyl adjacent to an activating group) is 2. The van der Waals surface area contributed by atoms with Gasteiger partial charge in [0.25, 0.3) is 5.91 Å². The smallest absolute Gasteiger partial charge is 0.254 e. The zero-order valence-electron chi connectivity index (χ0n) is 17.9. The van der Waals surface area contributed by atoms with Crippen molar-refractivity contribution in [3.05, 3.63) is 65.9 Å². The summed E-state index contributed by atoms with van der Waals surface area (Å²) in [7, 11) is 1.63. The van der Waals surface area contributed by atoms with Crippen LogP contribution in [0.2, 0.25) is 0 Å². The summed E-state index contributed by atoms with van der Waals surface area (Å²) < 4.78 is 5.96. The van der Waals surface area contributed by atoms with Gasteiger partial charge in [0.15, 0.2) is 5.76 Å². The predicted molar refractivity (Wildman–Crippen MR) is 117 cm³/mol. The predicted octanol–water partition coefficient (Wildman–Crippen LogP) is 4.26. The van der Waals surface area contributed by atoms with E-state index in [0.717, 1.165) is 11.1 Å². The maximum absolute atomic E-state index is 13.1. The van der Waals surface area contributed by atoms with Gasteiger partial charge in [0.05, 0.1) is 18.3 Å². The number of carbonyl (C=O) groups excluding carboxylic acids is 2. The fraction of sp³-hybridized carbons (Fsp3) is 0.292. The molecule has 3 rings (SSSR count). The van der Waals surface area contributed by atoms with Crippen molar-refractivity contribution in [3.8, 4) is 22.8 Å². The number of oxazole rings is 1. The number of hydrogen-bond acceptors (Lipinski definition) is 4. The van der Waals surface area contributed by atoms with E-state index in [1.807, 2.05) is 51.1 Å². The molecule has 0 spiro atoms. The number of amides is 2. The van der Waals surface area contributed by atoms with Crippen LogP contribution in [0.25, 0.3) is 22.8 Å². The van der Waals surface area contributed by atoms with Crippen LogP contribution in [-0.4, -0.2) is 53.3 Å². The lowest BCUT2D eigenvalue weighted by molar-refractivity contribution is -0.131. The number of nitrogens with zero attached hydrogens (tertiary/aromatic N) is 3. The van der Waals surface area contributed by atoms with Gasteiger partial charge in [0.1, 0.15) is 0 Å². The number of aromatic nitrogens is 1. The largest absolute Gasteiger partial charge is 0.436 e. The summed E-state index contributed by atoms with van der Waals surface area (Å²) in [6.45, 7) is 7.13. The lowest BCUT2D eigenvalue weighted by Gasteiger charge is -2.23. The van der Waals surface area contributed by atoms with Crippen LogP contribution in [0.4, 0.5) is 0 Å². The first kappa shape index (κ1) is 21.3. The molecule has 2 amide bonds. The Kier molecular flexibility index (Phi) is 6.67. The molecule has 0 fully saturated rings. The summed E-state index contributed by atoms with van der Waals surface area (Å²) in [6.07, 6.45) is 1.66. The maximum Gasteiger partial charge on any atom is 0.254 e. The summed E-state index contributed by atoms with van der Waals surface area (Å²) in [4.78, 5) is 33.0. The van der Waals surface area contributed by atoms with Crippen LogP contribution < -0.4 is 0 Å². The molecule has 0 saturated carbocycles. The molecule has 6 heteroatoms. The van der Waals surface area contributed by atoms with E-state index in [1.54, 1.807) is 36.3 Å². The summed E-state index contributed by atoms with van der Waals surface area (Å²) in [5.74, 6) is 0.683. The number of aryl methyl sites for hydroxylation is 1. The first-order chi connectivity index (χ1) is 14.4. The highest BCUT2D eigenvalue weighted by atomic mass is 16.4. The quantitative estimate of drug-likeness (QED) is 0.589. The Morgan fingerprint density at radius 3 is 2.33 bits per heavy atom. The van der Waals surface area contributed by atoms with Crippen molar-refractivity contribution in [1.29, 1.82) is 0 Å². The minimum atomic E-state index is -0.249. The lowest BCUT2D eigenvalue weighted by atomic mass is 10.1. The molecule has 156 valence electrons. The Balaban J connectivity index is 1.85. The molecule has 0 atom stereocenters. The Hall–Kier alpha value is -3.41. The van der Waals surface area contributed by atoms with E-state index in [9.17, 15) is 9.59 Å². The van der Waals surface area contributed by atoms with Crippen molar-refractivity contribution in [2.75, 3.05) is 26.7 Å². The summed E-state index contributed by atoms with van der Waals surface area (Å²) in [5, 5.41) is 0. The van der Waals surface area contributed by atoms with Gasteiger partial charge in [-0.15, -0.1) is 0 Å². The van der Waals surface area contributed by atoms with Crippen LogP contribution in [0.15, 0.2) is 59.1 Å². The van der Waals surface area contributed by atoms with Crippen LogP contribution in [0.1, 0.15) is 29.8 Å². The van der Waals surface area contributed by atoms with Crippen molar-refractivity contribution < 1.29 is 14.0 Å². The van der Waals surface area contributed by atoms with E-state index in [1.165, 1.54) is 4.90 Å². The lowest BCUT2D eigenvalue weighted by Crippen LogP contribution is -2.41. The summed E-state index contributed by atoms with van der Waals surface area (Å²) in [5.41, 5.74) is 3.13. The van der Waals surface area contributed by atoms with Gasteiger partial charge < -0.3 is 14.2 Å². The van der Waals surface area contributed by atoms with Gasteiger partial charge in [-0.05, 0) is 32.9 Å². The minimum absolute atomic E-state index is 0.0229. The number of hydrogen-bond donors (Lipinski definition) is 0. The summed E-state index contributed by atoms with van der Waals surface area (Å²) in [6, 6.07) is 15.1. The van der Waals surface area contributed by atoms with Gasteiger partial charge in [-0.25, -0.2) is 4.98 Å². The maximum atomic E-state index is 13.1. The van der Waals surface area contributed by atoms with E-state index in [2.05, 4.69) is 4.98 Å². The molecule has 0 aliphatic rings. The molecule has 0 aliphatic heterocycles. The second-order valence-corrected chi connectivity index (χ2v) is 7.17. The third kappa shape index (κ3) is 4.59. The third-order valence-electron chi connectivity index (χ3n) is 5.06. The normalized spacial score (nSPS) is 10.7. The fourth-order valence-electron chi connectivity index (χ4n) is 3.26. The fourth-order valence-corrected chi connectivity index (χ4v) is 3.26. The van der Waals surface area contributed by atoms with Crippen molar-refractivity contribution in [1.82, 2.24) is 14.8 Å². The molecule has 0 bridgehead atoms. The number of carbonyl (C=O) groups is 2. The van der Waals surface area contributed by atoms with E-state index < -0.39 is 0 Å². The first-order valence-corrected chi connectivity index (χ1v) is 10.1. The van der Waals surface area contributed by atoms with Gasteiger partial charge in [-0.3, -0.25) is 9.59 Å². The highest BCUT2D eigenvalue weighted by Crippen LogP contribution is 2.29. The summed E-state index contributed by atoms with van der Waals surface area (Å²) >= 11 is 0. The van der Waals surface area contributed by atoms with Crippen LogP contribution in [0, 0.1) is 6.92 Å². The van der Waals surface area contributed by atoms with Gasteiger partial charge in [-0.2, -0.15) is 0 Å².